The van der Waals surface area contributed by atoms with E-state index in [0.717, 1.165) is 11.2 Å². The first-order valence-electron chi connectivity index (χ1n) is 3.37. The molecule has 1 rings (SSSR count). The fraction of sp³-hybridized carbons (Fsp3) is 0.111. The van der Waals surface area contributed by atoms with Crippen molar-refractivity contribution in [3.8, 4) is 0 Å². The van der Waals surface area contributed by atoms with Crippen LogP contribution in [0.2, 0.25) is 0 Å². The van der Waals surface area contributed by atoms with Crippen molar-refractivity contribution in [3.63, 3.8) is 0 Å². The van der Waals surface area contributed by atoms with Gasteiger partial charge in [0.15, 0.2) is 0 Å². The number of hydrogen-bond donors (Lipinski definition) is 2. The van der Waals surface area contributed by atoms with Gasteiger partial charge in [-0.1, -0.05) is 24.3 Å². The van der Waals surface area contributed by atoms with Crippen LogP contribution in [0.4, 0.5) is 0 Å². The SMILES string of the molecule is C=COO.Cc1ccc(S)cc1. The Labute approximate surface area is 77.8 Å². The van der Waals surface area contributed by atoms with Gasteiger partial charge in [-0.05, 0) is 19.1 Å². The lowest BCUT2D eigenvalue weighted by atomic mass is 10.2. The van der Waals surface area contributed by atoms with E-state index in [2.05, 4.69) is 31.0 Å². The van der Waals surface area contributed by atoms with E-state index in [9.17, 15) is 0 Å². The lowest BCUT2D eigenvalue weighted by Crippen LogP contribution is -1.67. The first-order valence-corrected chi connectivity index (χ1v) is 3.82. The van der Waals surface area contributed by atoms with E-state index in [1.807, 2.05) is 24.3 Å². The number of aryl methyl sites for hydroxylation is 1. The summed E-state index contributed by atoms with van der Waals surface area (Å²) in [5, 5.41) is 7.26. The molecule has 1 N–H and O–H groups in total. The summed E-state index contributed by atoms with van der Waals surface area (Å²) in [6.45, 7) is 5.07. The predicted molar refractivity (Wildman–Crippen MR) is 52.3 cm³/mol. The predicted octanol–water partition coefficient (Wildman–Crippen LogP) is 2.90. The second-order valence-electron chi connectivity index (χ2n) is 2.11. The molecule has 0 fully saturated rings. The summed E-state index contributed by atoms with van der Waals surface area (Å²) >= 11 is 4.13. The van der Waals surface area contributed by atoms with Gasteiger partial charge in [0.25, 0.3) is 0 Å². The van der Waals surface area contributed by atoms with Gasteiger partial charge in [0.05, 0.1) is 0 Å². The molecule has 0 saturated carbocycles. The minimum atomic E-state index is 0.931. The van der Waals surface area contributed by atoms with E-state index < -0.39 is 0 Å². The van der Waals surface area contributed by atoms with E-state index in [4.69, 9.17) is 5.26 Å². The molecule has 0 unspecified atom stereocenters. The highest BCUT2D eigenvalue weighted by Crippen LogP contribution is 2.05. The van der Waals surface area contributed by atoms with Crippen LogP contribution in [0.5, 0.6) is 0 Å². The van der Waals surface area contributed by atoms with E-state index in [0.29, 0.717) is 0 Å². The van der Waals surface area contributed by atoms with Gasteiger partial charge >= 0.3 is 0 Å². The third-order valence-corrected chi connectivity index (χ3v) is 1.41. The topological polar surface area (TPSA) is 29.5 Å². The molecule has 0 aliphatic carbocycles. The highest BCUT2D eigenvalue weighted by Gasteiger charge is 1.80. The van der Waals surface area contributed by atoms with E-state index in [1.54, 1.807) is 0 Å². The summed E-state index contributed by atoms with van der Waals surface area (Å²) in [6, 6.07) is 8.06. The van der Waals surface area contributed by atoms with Crippen LogP contribution in [0.25, 0.3) is 0 Å². The Morgan fingerprint density at radius 2 is 1.83 bits per heavy atom. The lowest BCUT2D eigenvalue weighted by Gasteiger charge is -1.89. The highest BCUT2D eigenvalue weighted by molar-refractivity contribution is 7.80. The molecule has 0 atom stereocenters. The fourth-order valence-corrected chi connectivity index (χ4v) is 0.694. The van der Waals surface area contributed by atoms with Gasteiger partial charge in [-0.25, -0.2) is 5.26 Å². The Kier molecular flexibility index (Phi) is 6.24. The molecule has 0 spiro atoms. The van der Waals surface area contributed by atoms with Crippen LogP contribution in [0.1, 0.15) is 5.56 Å². The van der Waals surface area contributed by atoms with Crippen LogP contribution in [0, 0.1) is 6.92 Å². The number of thiol groups is 1. The number of benzene rings is 1. The molecule has 3 heteroatoms. The van der Waals surface area contributed by atoms with Gasteiger partial charge in [0.2, 0.25) is 0 Å². The minimum absolute atomic E-state index is 0.931. The van der Waals surface area contributed by atoms with Crippen LogP contribution in [0.3, 0.4) is 0 Å². The van der Waals surface area contributed by atoms with Gasteiger partial charge in [0.1, 0.15) is 6.26 Å². The van der Waals surface area contributed by atoms with Crippen LogP contribution >= 0.6 is 12.6 Å². The largest absolute Gasteiger partial charge is 0.349 e. The lowest BCUT2D eigenvalue weighted by molar-refractivity contribution is -0.186. The zero-order chi connectivity index (χ0) is 9.40. The Hall–Kier alpha value is -0.930. The quantitative estimate of drug-likeness (QED) is 0.304. The number of hydrogen-bond acceptors (Lipinski definition) is 3. The maximum atomic E-state index is 7.26. The molecular weight excluding hydrogens is 172 g/mol. The van der Waals surface area contributed by atoms with Gasteiger partial charge < -0.3 is 4.89 Å². The summed E-state index contributed by atoms with van der Waals surface area (Å²) < 4.78 is 0. The summed E-state index contributed by atoms with van der Waals surface area (Å²) in [4.78, 5) is 4.33. The third-order valence-electron chi connectivity index (χ3n) is 1.11. The van der Waals surface area contributed by atoms with Crippen molar-refractivity contribution < 1.29 is 10.1 Å². The van der Waals surface area contributed by atoms with Gasteiger partial charge in [0, 0.05) is 4.90 Å². The molecule has 0 aromatic heterocycles. The van der Waals surface area contributed by atoms with Crippen LogP contribution in [-0.2, 0) is 4.89 Å². The van der Waals surface area contributed by atoms with Gasteiger partial charge in [-0.15, -0.1) is 12.6 Å². The monoisotopic (exact) mass is 184 g/mol. The van der Waals surface area contributed by atoms with E-state index in [-0.39, 0.29) is 0 Å². The average molecular weight is 184 g/mol. The van der Waals surface area contributed by atoms with Crippen molar-refractivity contribution >= 4 is 12.6 Å². The van der Waals surface area contributed by atoms with Crippen LogP contribution in [-0.4, -0.2) is 5.26 Å². The first-order chi connectivity index (χ1) is 5.70. The fourth-order valence-electron chi connectivity index (χ4n) is 0.545. The standard InChI is InChI=1S/C7H8S.C2H4O2/c1-6-2-4-7(8)5-3-6;1-2-4-3/h2-5,8H,1H3;2-3H,1H2. The molecule has 0 bridgehead atoms. The zero-order valence-corrected chi connectivity index (χ0v) is 7.79. The summed E-state index contributed by atoms with van der Waals surface area (Å²) in [6.07, 6.45) is 0.931. The van der Waals surface area contributed by atoms with Crippen molar-refractivity contribution in [2.75, 3.05) is 0 Å². The van der Waals surface area contributed by atoms with Gasteiger partial charge in [-0.3, -0.25) is 0 Å². The molecule has 12 heavy (non-hydrogen) atoms. The maximum Gasteiger partial charge on any atom is 0.122 e. The molecule has 0 amide bonds. The molecule has 0 saturated heterocycles. The Balaban J connectivity index is 0.000000261. The summed E-state index contributed by atoms with van der Waals surface area (Å²) in [7, 11) is 0. The van der Waals surface area contributed by atoms with Crippen molar-refractivity contribution in [1.82, 2.24) is 0 Å². The highest BCUT2D eigenvalue weighted by atomic mass is 32.1. The Bertz CT molecular complexity index is 197. The normalized spacial score (nSPS) is 7.92. The van der Waals surface area contributed by atoms with Crippen LogP contribution < -0.4 is 0 Å². The summed E-state index contributed by atoms with van der Waals surface area (Å²) in [5.41, 5.74) is 1.28. The van der Waals surface area contributed by atoms with Crippen LogP contribution in [0.15, 0.2) is 42.0 Å². The molecule has 1 aromatic carbocycles. The molecule has 1 aromatic rings. The molecule has 0 radical (unpaired) electrons. The molecular formula is C9H12O2S. The second kappa shape index (κ2) is 6.76. The molecule has 2 nitrogen and oxygen atoms in total. The van der Waals surface area contributed by atoms with E-state index in [1.165, 1.54) is 5.56 Å². The minimum Gasteiger partial charge on any atom is -0.349 e. The Morgan fingerprint density at radius 3 is 2.08 bits per heavy atom. The maximum absolute atomic E-state index is 7.26. The van der Waals surface area contributed by atoms with E-state index >= 15 is 0 Å². The summed E-state index contributed by atoms with van der Waals surface area (Å²) in [5.74, 6) is 0. The third kappa shape index (κ3) is 5.82. The second-order valence-corrected chi connectivity index (χ2v) is 2.62. The smallest absolute Gasteiger partial charge is 0.122 e. The van der Waals surface area contributed by atoms with Crippen molar-refractivity contribution in [3.05, 3.63) is 42.7 Å². The average Bonchev–Trinajstić information content (AvgIpc) is 2.11. The molecule has 66 valence electrons. The number of rotatable bonds is 1. The first kappa shape index (κ1) is 11.1. The molecule has 0 aliphatic rings. The Morgan fingerprint density at radius 1 is 1.42 bits per heavy atom. The van der Waals surface area contributed by atoms with Crippen molar-refractivity contribution in [1.29, 1.82) is 0 Å². The van der Waals surface area contributed by atoms with Gasteiger partial charge in [-0.2, -0.15) is 0 Å². The zero-order valence-electron chi connectivity index (χ0n) is 6.90. The van der Waals surface area contributed by atoms with Crippen molar-refractivity contribution in [2.45, 2.75) is 11.8 Å². The molecule has 0 heterocycles. The molecule has 0 aliphatic heterocycles. The van der Waals surface area contributed by atoms with Crippen molar-refractivity contribution in [2.24, 2.45) is 0 Å².